The van der Waals surface area contributed by atoms with Crippen LogP contribution in [0.5, 0.6) is 0 Å². The lowest BCUT2D eigenvalue weighted by Gasteiger charge is -2.34. The van der Waals surface area contributed by atoms with Crippen molar-refractivity contribution in [1.82, 2.24) is 15.4 Å². The SMILES string of the molecule is CCc1onc(C(=O)NCC(C)(C)N(C)CC)c1C. The Morgan fingerprint density at radius 2 is 2.05 bits per heavy atom. The van der Waals surface area contributed by atoms with Gasteiger partial charge in [-0.05, 0) is 34.4 Å². The van der Waals surface area contributed by atoms with Gasteiger partial charge in [0, 0.05) is 24.1 Å². The summed E-state index contributed by atoms with van der Waals surface area (Å²) in [5, 5.41) is 6.78. The number of carbonyl (C=O) groups excluding carboxylic acids is 1. The zero-order valence-corrected chi connectivity index (χ0v) is 12.8. The van der Waals surface area contributed by atoms with Gasteiger partial charge in [0.15, 0.2) is 5.69 Å². The third-order valence-electron chi connectivity index (χ3n) is 3.75. The molecule has 0 saturated carbocycles. The highest BCUT2D eigenvalue weighted by Gasteiger charge is 2.25. The topological polar surface area (TPSA) is 58.4 Å². The molecule has 0 radical (unpaired) electrons. The Labute approximate surface area is 115 Å². The highest BCUT2D eigenvalue weighted by Crippen LogP contribution is 2.14. The maximum absolute atomic E-state index is 12.1. The molecule has 0 aliphatic carbocycles. The maximum Gasteiger partial charge on any atom is 0.273 e. The van der Waals surface area contributed by atoms with Crippen LogP contribution >= 0.6 is 0 Å². The fraction of sp³-hybridized carbons (Fsp3) is 0.714. The van der Waals surface area contributed by atoms with Crippen LogP contribution in [0.2, 0.25) is 0 Å². The molecule has 1 N–H and O–H groups in total. The number of likely N-dealkylation sites (N-methyl/N-ethyl adjacent to an activating group) is 1. The first-order valence-corrected chi connectivity index (χ1v) is 6.78. The van der Waals surface area contributed by atoms with Crippen LogP contribution in [0.3, 0.4) is 0 Å². The molecule has 0 bridgehead atoms. The fourth-order valence-electron chi connectivity index (χ4n) is 1.85. The zero-order chi connectivity index (χ0) is 14.6. The molecular formula is C14H25N3O2. The van der Waals surface area contributed by atoms with Gasteiger partial charge in [-0.3, -0.25) is 9.69 Å². The predicted octanol–water partition coefficient (Wildman–Crippen LogP) is 2.01. The van der Waals surface area contributed by atoms with Crippen LogP contribution in [0, 0.1) is 6.92 Å². The Balaban J connectivity index is 2.68. The molecule has 0 spiro atoms. The number of aromatic nitrogens is 1. The van der Waals surface area contributed by atoms with E-state index >= 15 is 0 Å². The number of nitrogens with one attached hydrogen (secondary N) is 1. The molecule has 0 aliphatic rings. The predicted molar refractivity (Wildman–Crippen MR) is 75.3 cm³/mol. The summed E-state index contributed by atoms with van der Waals surface area (Å²) in [7, 11) is 2.04. The Bertz CT molecular complexity index is 438. The van der Waals surface area contributed by atoms with E-state index in [0.717, 1.165) is 24.3 Å². The van der Waals surface area contributed by atoms with Crippen LogP contribution < -0.4 is 5.32 Å². The summed E-state index contributed by atoms with van der Waals surface area (Å²) >= 11 is 0. The van der Waals surface area contributed by atoms with Crippen LogP contribution in [0.1, 0.15) is 49.5 Å². The second-order valence-corrected chi connectivity index (χ2v) is 5.44. The smallest absolute Gasteiger partial charge is 0.273 e. The number of aryl methyl sites for hydroxylation is 1. The van der Waals surface area contributed by atoms with Crippen LogP contribution in [0.15, 0.2) is 4.52 Å². The standard InChI is InChI=1S/C14H25N3O2/c1-7-11-10(3)12(16-19-11)13(18)15-9-14(4,5)17(6)8-2/h7-9H2,1-6H3,(H,15,18). The van der Waals surface area contributed by atoms with Crippen LogP contribution in [-0.4, -0.2) is 41.6 Å². The lowest BCUT2D eigenvalue weighted by molar-refractivity contribution is 0.0898. The second kappa shape index (κ2) is 6.19. The number of hydrogen-bond donors (Lipinski definition) is 1. The Kier molecular flexibility index (Phi) is 5.11. The van der Waals surface area contributed by atoms with Crippen LogP contribution in [0.4, 0.5) is 0 Å². The zero-order valence-electron chi connectivity index (χ0n) is 12.8. The summed E-state index contributed by atoms with van der Waals surface area (Å²) in [6.07, 6.45) is 0.746. The Morgan fingerprint density at radius 3 is 2.53 bits per heavy atom. The Hall–Kier alpha value is -1.36. The van der Waals surface area contributed by atoms with E-state index in [1.165, 1.54) is 0 Å². The van der Waals surface area contributed by atoms with Crippen LogP contribution in [0.25, 0.3) is 0 Å². The molecule has 5 nitrogen and oxygen atoms in total. The minimum atomic E-state index is -0.168. The van der Waals surface area contributed by atoms with E-state index in [4.69, 9.17) is 4.52 Å². The quantitative estimate of drug-likeness (QED) is 0.856. The van der Waals surface area contributed by atoms with E-state index in [-0.39, 0.29) is 11.4 Å². The molecule has 0 fully saturated rings. The van der Waals surface area contributed by atoms with Crippen molar-refractivity contribution in [2.75, 3.05) is 20.1 Å². The fourth-order valence-corrected chi connectivity index (χ4v) is 1.85. The summed E-state index contributed by atoms with van der Waals surface area (Å²) in [6, 6.07) is 0. The van der Waals surface area contributed by atoms with Crippen molar-refractivity contribution >= 4 is 5.91 Å². The first kappa shape index (κ1) is 15.7. The largest absolute Gasteiger partial charge is 0.360 e. The minimum absolute atomic E-state index is 0.0877. The molecule has 0 unspecified atom stereocenters. The van der Waals surface area contributed by atoms with E-state index in [0.29, 0.717) is 12.2 Å². The molecule has 1 aromatic heterocycles. The molecule has 19 heavy (non-hydrogen) atoms. The molecule has 0 atom stereocenters. The molecule has 0 saturated heterocycles. The molecule has 0 aliphatic heterocycles. The Morgan fingerprint density at radius 1 is 1.42 bits per heavy atom. The highest BCUT2D eigenvalue weighted by atomic mass is 16.5. The van der Waals surface area contributed by atoms with E-state index in [2.05, 4.69) is 36.1 Å². The van der Waals surface area contributed by atoms with E-state index in [9.17, 15) is 4.79 Å². The molecular weight excluding hydrogens is 242 g/mol. The van der Waals surface area contributed by atoms with E-state index in [1.54, 1.807) is 0 Å². The summed E-state index contributed by atoms with van der Waals surface area (Å²) in [6.45, 7) is 11.7. The summed E-state index contributed by atoms with van der Waals surface area (Å²) in [5.74, 6) is 0.605. The van der Waals surface area contributed by atoms with Crippen molar-refractivity contribution in [2.45, 2.75) is 46.6 Å². The number of amides is 1. The highest BCUT2D eigenvalue weighted by molar-refractivity contribution is 5.93. The summed E-state index contributed by atoms with van der Waals surface area (Å²) in [5.41, 5.74) is 1.14. The normalized spacial score (nSPS) is 11.9. The molecule has 1 heterocycles. The number of nitrogens with zero attached hydrogens (tertiary/aromatic N) is 2. The van der Waals surface area contributed by atoms with Crippen molar-refractivity contribution in [2.24, 2.45) is 0 Å². The van der Waals surface area contributed by atoms with Gasteiger partial charge >= 0.3 is 0 Å². The monoisotopic (exact) mass is 267 g/mol. The molecule has 5 heteroatoms. The number of rotatable bonds is 6. The van der Waals surface area contributed by atoms with Gasteiger partial charge in [-0.1, -0.05) is 19.0 Å². The lowest BCUT2D eigenvalue weighted by atomic mass is 10.0. The van der Waals surface area contributed by atoms with Gasteiger partial charge in [0.05, 0.1) is 0 Å². The molecule has 0 aromatic carbocycles. The number of carbonyl (C=O) groups is 1. The van der Waals surface area contributed by atoms with Crippen molar-refractivity contribution in [3.63, 3.8) is 0 Å². The molecule has 1 rings (SSSR count). The van der Waals surface area contributed by atoms with Crippen molar-refractivity contribution in [3.05, 3.63) is 17.0 Å². The van der Waals surface area contributed by atoms with E-state index in [1.807, 2.05) is 20.9 Å². The average molecular weight is 267 g/mol. The van der Waals surface area contributed by atoms with Crippen LogP contribution in [-0.2, 0) is 6.42 Å². The molecule has 1 aromatic rings. The van der Waals surface area contributed by atoms with Gasteiger partial charge in [0.25, 0.3) is 5.91 Å². The first-order valence-electron chi connectivity index (χ1n) is 6.78. The third kappa shape index (κ3) is 3.56. The van der Waals surface area contributed by atoms with E-state index < -0.39 is 0 Å². The van der Waals surface area contributed by atoms with Gasteiger partial charge in [-0.25, -0.2) is 0 Å². The number of hydrogen-bond acceptors (Lipinski definition) is 4. The van der Waals surface area contributed by atoms with Crippen molar-refractivity contribution < 1.29 is 9.32 Å². The average Bonchev–Trinajstić information content (AvgIpc) is 2.76. The van der Waals surface area contributed by atoms with Gasteiger partial charge in [-0.2, -0.15) is 0 Å². The van der Waals surface area contributed by atoms with Crippen molar-refractivity contribution in [1.29, 1.82) is 0 Å². The third-order valence-corrected chi connectivity index (χ3v) is 3.75. The summed E-state index contributed by atoms with van der Waals surface area (Å²) < 4.78 is 5.15. The maximum atomic E-state index is 12.1. The second-order valence-electron chi connectivity index (χ2n) is 5.44. The van der Waals surface area contributed by atoms with Gasteiger partial charge in [-0.15, -0.1) is 0 Å². The van der Waals surface area contributed by atoms with Crippen molar-refractivity contribution in [3.8, 4) is 0 Å². The van der Waals surface area contributed by atoms with Gasteiger partial charge < -0.3 is 9.84 Å². The minimum Gasteiger partial charge on any atom is -0.360 e. The molecule has 108 valence electrons. The summed E-state index contributed by atoms with van der Waals surface area (Å²) in [4.78, 5) is 14.3. The first-order chi connectivity index (χ1) is 8.83. The lowest BCUT2D eigenvalue weighted by Crippen LogP contribution is -2.49. The van der Waals surface area contributed by atoms with Gasteiger partial charge in [0.1, 0.15) is 5.76 Å². The molecule has 1 amide bonds. The van der Waals surface area contributed by atoms with Gasteiger partial charge in [0.2, 0.25) is 0 Å².